The number of sulfonamides is 1. The van der Waals surface area contributed by atoms with E-state index in [1.54, 1.807) is 13.8 Å². The molecule has 0 saturated heterocycles. The summed E-state index contributed by atoms with van der Waals surface area (Å²) < 4.78 is 52.0. The predicted molar refractivity (Wildman–Crippen MR) is 56.7 cm³/mol. The number of hydrogen-bond donors (Lipinski definition) is 1. The Balaban J connectivity index is 2.67. The molecule has 1 aromatic rings. The molecule has 0 unspecified atom stereocenters. The van der Waals surface area contributed by atoms with E-state index in [-0.39, 0.29) is 22.7 Å². The Morgan fingerprint density at radius 2 is 2.00 bits per heavy atom. The van der Waals surface area contributed by atoms with Gasteiger partial charge in [0, 0.05) is 11.1 Å². The van der Waals surface area contributed by atoms with Gasteiger partial charge in [0.15, 0.2) is 0 Å². The van der Waals surface area contributed by atoms with Crippen LogP contribution < -0.4 is 4.72 Å². The van der Waals surface area contributed by atoms with Crippen molar-refractivity contribution in [1.29, 1.82) is 0 Å². The maximum atomic E-state index is 13.9. The van der Waals surface area contributed by atoms with E-state index < -0.39 is 27.4 Å². The molecule has 0 spiro atoms. The molecule has 6 heteroatoms. The molecule has 0 aliphatic carbocycles. The van der Waals surface area contributed by atoms with Gasteiger partial charge in [-0.15, -0.1) is 0 Å². The second-order valence-electron chi connectivity index (χ2n) is 4.13. The highest BCUT2D eigenvalue weighted by atomic mass is 32.2. The van der Waals surface area contributed by atoms with Crippen LogP contribution >= 0.6 is 0 Å². The first kappa shape index (κ1) is 11.3. The number of halogens is 2. The van der Waals surface area contributed by atoms with E-state index in [1.165, 1.54) is 0 Å². The summed E-state index contributed by atoms with van der Waals surface area (Å²) in [7, 11) is -3.54. The highest BCUT2D eigenvalue weighted by molar-refractivity contribution is 7.92. The summed E-state index contributed by atoms with van der Waals surface area (Å²) in [4.78, 5) is 0. The predicted octanol–water partition coefficient (Wildman–Crippen LogP) is 2.34. The Labute approximate surface area is 92.5 Å². The van der Waals surface area contributed by atoms with Crippen LogP contribution in [0.4, 0.5) is 14.5 Å². The van der Waals surface area contributed by atoms with Gasteiger partial charge in [-0.1, -0.05) is 13.8 Å². The van der Waals surface area contributed by atoms with Crippen LogP contribution in [0, 0.1) is 11.6 Å². The number of hydrogen-bond acceptors (Lipinski definition) is 2. The Kier molecular flexibility index (Phi) is 2.41. The first-order valence-corrected chi connectivity index (χ1v) is 6.48. The fourth-order valence-electron chi connectivity index (χ4n) is 1.83. The summed E-state index contributed by atoms with van der Waals surface area (Å²) in [5.74, 6) is -2.21. The standard InChI is InChI=1S/C10H11F2NO2S/c1-5(2)9-7(11)3-8-6(10(9)12)4-16(14,15)13-8/h3,5,13H,4H2,1-2H3. The van der Waals surface area contributed by atoms with Crippen molar-refractivity contribution in [3.63, 3.8) is 0 Å². The lowest BCUT2D eigenvalue weighted by Gasteiger charge is -2.11. The highest BCUT2D eigenvalue weighted by Gasteiger charge is 2.30. The molecule has 1 heterocycles. The summed E-state index contributed by atoms with van der Waals surface area (Å²) in [6.45, 7) is 3.32. The third-order valence-electron chi connectivity index (χ3n) is 2.53. The highest BCUT2D eigenvalue weighted by Crippen LogP contribution is 2.35. The molecule has 1 aliphatic rings. The van der Waals surface area contributed by atoms with Gasteiger partial charge in [-0.2, -0.15) is 0 Å². The number of nitrogens with one attached hydrogen (secondary N) is 1. The van der Waals surface area contributed by atoms with Gasteiger partial charge < -0.3 is 0 Å². The summed E-state index contributed by atoms with van der Waals surface area (Å²) >= 11 is 0. The van der Waals surface area contributed by atoms with Crippen LogP contribution in [0.5, 0.6) is 0 Å². The van der Waals surface area contributed by atoms with Crippen LogP contribution in [0.3, 0.4) is 0 Å². The fraction of sp³-hybridized carbons (Fsp3) is 0.400. The molecule has 0 saturated carbocycles. The minimum Gasteiger partial charge on any atom is -0.283 e. The first-order valence-electron chi connectivity index (χ1n) is 4.83. The van der Waals surface area contributed by atoms with Crippen molar-refractivity contribution in [3.8, 4) is 0 Å². The van der Waals surface area contributed by atoms with Crippen molar-refractivity contribution in [2.24, 2.45) is 0 Å². The number of rotatable bonds is 1. The van der Waals surface area contributed by atoms with Crippen LogP contribution in [0.2, 0.25) is 0 Å². The third-order valence-corrected chi connectivity index (χ3v) is 3.73. The van der Waals surface area contributed by atoms with Crippen molar-refractivity contribution < 1.29 is 17.2 Å². The number of fused-ring (bicyclic) bond motifs is 1. The van der Waals surface area contributed by atoms with Crippen molar-refractivity contribution in [2.75, 3.05) is 4.72 Å². The molecule has 0 bridgehead atoms. The summed E-state index contributed by atoms with van der Waals surface area (Å²) in [6, 6.07) is 1.04. The molecule has 0 fully saturated rings. The third kappa shape index (κ3) is 1.67. The minimum absolute atomic E-state index is 0.0133. The number of anilines is 1. The van der Waals surface area contributed by atoms with Gasteiger partial charge in [0.2, 0.25) is 10.0 Å². The Bertz CT molecular complexity index is 552. The summed E-state index contributed by atoms with van der Waals surface area (Å²) in [6.07, 6.45) is 0. The molecule has 0 amide bonds. The van der Waals surface area contributed by atoms with Crippen LogP contribution in [-0.2, 0) is 15.8 Å². The van der Waals surface area contributed by atoms with Gasteiger partial charge in [-0.05, 0) is 12.0 Å². The minimum atomic E-state index is -3.54. The summed E-state index contributed by atoms with van der Waals surface area (Å²) in [5.41, 5.74) is -0.0119. The average Bonchev–Trinajstić information content (AvgIpc) is 2.39. The van der Waals surface area contributed by atoms with E-state index in [0.717, 1.165) is 6.07 Å². The first-order chi connectivity index (χ1) is 7.32. The van der Waals surface area contributed by atoms with E-state index in [2.05, 4.69) is 4.72 Å². The molecular weight excluding hydrogens is 236 g/mol. The molecule has 0 atom stereocenters. The van der Waals surface area contributed by atoms with Gasteiger partial charge in [-0.25, -0.2) is 17.2 Å². The molecule has 1 aliphatic heterocycles. The van der Waals surface area contributed by atoms with E-state index >= 15 is 0 Å². The molecule has 0 radical (unpaired) electrons. The van der Waals surface area contributed by atoms with Crippen molar-refractivity contribution in [3.05, 3.63) is 28.8 Å². The van der Waals surface area contributed by atoms with Crippen molar-refractivity contribution >= 4 is 15.7 Å². The lowest BCUT2D eigenvalue weighted by atomic mass is 9.98. The molecular formula is C10H11F2NO2S. The SMILES string of the molecule is CC(C)c1c(F)cc2c(c1F)CS(=O)(=O)N2. The summed E-state index contributed by atoms with van der Waals surface area (Å²) in [5, 5.41) is 0. The fourth-order valence-corrected chi connectivity index (χ4v) is 3.08. The zero-order valence-electron chi connectivity index (χ0n) is 8.84. The molecule has 1 aromatic carbocycles. The quantitative estimate of drug-likeness (QED) is 0.828. The van der Waals surface area contributed by atoms with Gasteiger partial charge >= 0.3 is 0 Å². The van der Waals surface area contributed by atoms with Gasteiger partial charge in [0.1, 0.15) is 11.6 Å². The monoisotopic (exact) mass is 247 g/mol. The van der Waals surface area contributed by atoms with E-state index in [4.69, 9.17) is 0 Å². The number of benzene rings is 1. The smallest absolute Gasteiger partial charge is 0.237 e. The van der Waals surface area contributed by atoms with E-state index in [1.807, 2.05) is 0 Å². The van der Waals surface area contributed by atoms with Gasteiger partial charge in [-0.3, -0.25) is 4.72 Å². The lowest BCUT2D eigenvalue weighted by molar-refractivity contribution is 0.536. The molecule has 0 aromatic heterocycles. The van der Waals surface area contributed by atoms with E-state index in [9.17, 15) is 17.2 Å². The maximum Gasteiger partial charge on any atom is 0.237 e. The van der Waals surface area contributed by atoms with Crippen molar-refractivity contribution in [2.45, 2.75) is 25.5 Å². The van der Waals surface area contributed by atoms with Crippen LogP contribution in [0.25, 0.3) is 0 Å². The lowest BCUT2D eigenvalue weighted by Crippen LogP contribution is -2.05. The molecule has 3 nitrogen and oxygen atoms in total. The Morgan fingerprint density at radius 1 is 1.38 bits per heavy atom. The maximum absolute atomic E-state index is 13.9. The normalized spacial score (nSPS) is 17.3. The molecule has 1 N–H and O–H groups in total. The van der Waals surface area contributed by atoms with E-state index in [0.29, 0.717) is 0 Å². The Morgan fingerprint density at radius 3 is 2.56 bits per heavy atom. The average molecular weight is 247 g/mol. The van der Waals surface area contributed by atoms with Crippen LogP contribution in [-0.4, -0.2) is 8.42 Å². The van der Waals surface area contributed by atoms with Gasteiger partial charge in [0.25, 0.3) is 0 Å². The molecule has 16 heavy (non-hydrogen) atoms. The molecule has 88 valence electrons. The van der Waals surface area contributed by atoms with Gasteiger partial charge in [0.05, 0.1) is 11.4 Å². The topological polar surface area (TPSA) is 46.2 Å². The molecule has 2 rings (SSSR count). The van der Waals surface area contributed by atoms with Crippen molar-refractivity contribution in [1.82, 2.24) is 0 Å². The Hall–Kier alpha value is -1.17. The largest absolute Gasteiger partial charge is 0.283 e. The van der Waals surface area contributed by atoms with Crippen LogP contribution in [0.15, 0.2) is 6.07 Å². The second-order valence-corrected chi connectivity index (χ2v) is 5.85. The second kappa shape index (κ2) is 3.41. The van der Waals surface area contributed by atoms with Crippen LogP contribution in [0.1, 0.15) is 30.9 Å². The zero-order chi connectivity index (χ0) is 12.1. The zero-order valence-corrected chi connectivity index (χ0v) is 9.66.